The zero-order chi connectivity index (χ0) is 21.2. The molecule has 2 heterocycles. The highest BCUT2D eigenvalue weighted by molar-refractivity contribution is 6.30. The van der Waals surface area contributed by atoms with Crippen molar-refractivity contribution >= 4 is 23.7 Å². The molecule has 4 aromatic rings. The van der Waals surface area contributed by atoms with Gasteiger partial charge in [0.25, 0.3) is 5.91 Å². The summed E-state index contributed by atoms with van der Waals surface area (Å²) in [6.07, 6.45) is 1.48. The van der Waals surface area contributed by atoms with Gasteiger partial charge in [-0.15, -0.1) is 0 Å². The van der Waals surface area contributed by atoms with E-state index < -0.39 is 5.92 Å². The van der Waals surface area contributed by atoms with E-state index in [1.807, 2.05) is 66.7 Å². The molecule has 1 aliphatic rings. The summed E-state index contributed by atoms with van der Waals surface area (Å²) in [7, 11) is 0. The molecule has 152 valence electrons. The van der Waals surface area contributed by atoms with Gasteiger partial charge in [-0.3, -0.25) is 4.79 Å². The predicted molar refractivity (Wildman–Crippen MR) is 120 cm³/mol. The van der Waals surface area contributed by atoms with E-state index in [0.717, 1.165) is 16.7 Å². The summed E-state index contributed by atoms with van der Waals surface area (Å²) >= 11 is 5.93. The third-order valence-corrected chi connectivity index (χ3v) is 5.32. The Kier molecular flexibility index (Phi) is 5.02. The number of ether oxygens (including phenoxy) is 1. The van der Waals surface area contributed by atoms with Crippen LogP contribution in [0.15, 0.2) is 94.4 Å². The van der Waals surface area contributed by atoms with Gasteiger partial charge in [0.05, 0.1) is 12.1 Å². The lowest BCUT2D eigenvalue weighted by molar-refractivity contribution is -0.121. The van der Waals surface area contributed by atoms with Crippen LogP contribution in [-0.4, -0.2) is 12.1 Å². The highest BCUT2D eigenvalue weighted by Gasteiger charge is 2.32. The van der Waals surface area contributed by atoms with Gasteiger partial charge in [0.2, 0.25) is 0 Å². The summed E-state index contributed by atoms with van der Waals surface area (Å²) in [6, 6.07) is 26.0. The minimum Gasteiger partial charge on any atom is -0.457 e. The molecule has 3 aromatic carbocycles. The summed E-state index contributed by atoms with van der Waals surface area (Å²) in [4.78, 5) is 13.0. The standard InChI is InChI=1S/C25H17ClN2O3/c26-17-11-9-16(10-12-17)21-14-13-18(30-21)15-27-28-25(29)24-19-5-1-3-7-22(19)31-23-8-4-2-6-20(23)24/h1-15,24H,(H,28,29)/b27-15-. The Morgan fingerprint density at radius 2 is 1.52 bits per heavy atom. The molecule has 1 amide bonds. The molecule has 0 radical (unpaired) electrons. The highest BCUT2D eigenvalue weighted by atomic mass is 35.5. The number of amides is 1. The minimum absolute atomic E-state index is 0.246. The number of carbonyl (C=O) groups excluding carboxylic acids is 1. The van der Waals surface area contributed by atoms with E-state index in [9.17, 15) is 4.79 Å². The number of nitrogens with zero attached hydrogens (tertiary/aromatic N) is 1. The summed E-state index contributed by atoms with van der Waals surface area (Å²) < 4.78 is 11.7. The Balaban J connectivity index is 1.35. The first-order chi connectivity index (χ1) is 15.2. The molecule has 0 spiro atoms. The monoisotopic (exact) mass is 428 g/mol. The number of hydrazone groups is 1. The van der Waals surface area contributed by atoms with Crippen molar-refractivity contribution in [3.63, 3.8) is 0 Å². The van der Waals surface area contributed by atoms with Gasteiger partial charge in [-0.05, 0) is 48.5 Å². The molecule has 1 aromatic heterocycles. The van der Waals surface area contributed by atoms with E-state index in [1.54, 1.807) is 18.2 Å². The molecule has 0 bridgehead atoms. The molecule has 0 saturated carbocycles. The molecular weight excluding hydrogens is 412 g/mol. The number of carbonyl (C=O) groups is 1. The van der Waals surface area contributed by atoms with Crippen LogP contribution in [0.3, 0.4) is 0 Å². The molecule has 31 heavy (non-hydrogen) atoms. The van der Waals surface area contributed by atoms with Crippen molar-refractivity contribution in [1.29, 1.82) is 0 Å². The first-order valence-electron chi connectivity index (χ1n) is 9.73. The van der Waals surface area contributed by atoms with Crippen LogP contribution in [0.4, 0.5) is 0 Å². The summed E-state index contributed by atoms with van der Waals surface area (Å²) in [6.45, 7) is 0. The number of fused-ring (bicyclic) bond motifs is 2. The van der Waals surface area contributed by atoms with Crippen molar-refractivity contribution in [2.75, 3.05) is 0 Å². The first kappa shape index (κ1) is 19.2. The van der Waals surface area contributed by atoms with Crippen LogP contribution in [0.5, 0.6) is 11.5 Å². The smallest absolute Gasteiger partial charge is 0.252 e. The zero-order valence-electron chi connectivity index (χ0n) is 16.3. The minimum atomic E-state index is -0.514. The van der Waals surface area contributed by atoms with Gasteiger partial charge in [-0.2, -0.15) is 5.10 Å². The van der Waals surface area contributed by atoms with E-state index in [-0.39, 0.29) is 5.91 Å². The number of hydrogen-bond acceptors (Lipinski definition) is 4. The average molecular weight is 429 g/mol. The van der Waals surface area contributed by atoms with Gasteiger partial charge in [0.15, 0.2) is 0 Å². The number of benzene rings is 3. The fraction of sp³-hybridized carbons (Fsp3) is 0.0400. The summed E-state index contributed by atoms with van der Waals surface area (Å²) in [5, 5.41) is 4.77. The Labute approximate surface area is 183 Å². The number of furan rings is 1. The Hall–Kier alpha value is -3.83. The lowest BCUT2D eigenvalue weighted by Gasteiger charge is -2.26. The Bertz CT molecular complexity index is 1230. The number of hydrogen-bond donors (Lipinski definition) is 1. The van der Waals surface area contributed by atoms with Crippen molar-refractivity contribution in [2.45, 2.75) is 5.92 Å². The van der Waals surface area contributed by atoms with Crippen molar-refractivity contribution in [1.82, 2.24) is 5.43 Å². The van der Waals surface area contributed by atoms with E-state index >= 15 is 0 Å². The van der Waals surface area contributed by atoms with Gasteiger partial charge in [-0.25, -0.2) is 5.43 Å². The van der Waals surface area contributed by atoms with Crippen molar-refractivity contribution in [3.8, 4) is 22.8 Å². The van der Waals surface area contributed by atoms with Crippen LogP contribution in [-0.2, 0) is 4.79 Å². The fourth-order valence-corrected chi connectivity index (χ4v) is 3.73. The molecule has 1 aliphatic heterocycles. The topological polar surface area (TPSA) is 63.8 Å². The molecule has 0 aliphatic carbocycles. The number of nitrogens with one attached hydrogen (secondary N) is 1. The Morgan fingerprint density at radius 1 is 0.871 bits per heavy atom. The number of rotatable bonds is 4. The van der Waals surface area contributed by atoms with Crippen LogP contribution in [0.25, 0.3) is 11.3 Å². The van der Waals surface area contributed by atoms with Crippen LogP contribution in [0, 0.1) is 0 Å². The molecule has 1 N–H and O–H groups in total. The van der Waals surface area contributed by atoms with Gasteiger partial charge in [0.1, 0.15) is 23.0 Å². The zero-order valence-corrected chi connectivity index (χ0v) is 17.0. The van der Waals surface area contributed by atoms with Crippen molar-refractivity contribution in [3.05, 3.63) is 107 Å². The molecule has 0 saturated heterocycles. The molecular formula is C25H17ClN2O3. The van der Waals surface area contributed by atoms with Gasteiger partial charge in [0, 0.05) is 21.7 Å². The quantitative estimate of drug-likeness (QED) is 0.321. The van der Waals surface area contributed by atoms with Crippen LogP contribution >= 0.6 is 11.6 Å². The third kappa shape index (κ3) is 3.83. The second kappa shape index (κ2) is 8.13. The molecule has 0 fully saturated rings. The maximum absolute atomic E-state index is 13.0. The van der Waals surface area contributed by atoms with Crippen LogP contribution in [0.2, 0.25) is 5.02 Å². The lowest BCUT2D eigenvalue weighted by Crippen LogP contribution is -2.28. The highest BCUT2D eigenvalue weighted by Crippen LogP contribution is 2.43. The Morgan fingerprint density at radius 3 is 2.19 bits per heavy atom. The fourth-order valence-electron chi connectivity index (χ4n) is 3.61. The first-order valence-corrected chi connectivity index (χ1v) is 10.1. The van der Waals surface area contributed by atoms with E-state index in [1.165, 1.54) is 6.21 Å². The van der Waals surface area contributed by atoms with E-state index in [0.29, 0.717) is 28.0 Å². The lowest BCUT2D eigenvalue weighted by atomic mass is 9.87. The second-order valence-corrected chi connectivity index (χ2v) is 7.49. The van der Waals surface area contributed by atoms with Crippen LogP contribution in [0.1, 0.15) is 22.8 Å². The number of halogens is 1. The summed E-state index contributed by atoms with van der Waals surface area (Å²) in [5.74, 6) is 1.80. The second-order valence-electron chi connectivity index (χ2n) is 7.05. The predicted octanol–water partition coefficient (Wildman–Crippen LogP) is 5.99. The average Bonchev–Trinajstić information content (AvgIpc) is 3.26. The van der Waals surface area contributed by atoms with Crippen LogP contribution < -0.4 is 10.2 Å². The van der Waals surface area contributed by atoms with Gasteiger partial charge < -0.3 is 9.15 Å². The van der Waals surface area contributed by atoms with E-state index in [2.05, 4.69) is 10.5 Å². The molecule has 6 heteroatoms. The molecule has 5 nitrogen and oxygen atoms in total. The molecule has 5 rings (SSSR count). The van der Waals surface area contributed by atoms with Gasteiger partial charge >= 0.3 is 0 Å². The molecule has 0 unspecified atom stereocenters. The van der Waals surface area contributed by atoms with E-state index in [4.69, 9.17) is 20.8 Å². The maximum Gasteiger partial charge on any atom is 0.252 e. The largest absolute Gasteiger partial charge is 0.457 e. The number of para-hydroxylation sites is 2. The SMILES string of the molecule is O=C(N/N=C\c1ccc(-c2ccc(Cl)cc2)o1)C1c2ccccc2Oc2ccccc21. The third-order valence-electron chi connectivity index (χ3n) is 5.06. The normalized spacial score (nSPS) is 12.8. The molecule has 0 atom stereocenters. The van der Waals surface area contributed by atoms with Gasteiger partial charge in [-0.1, -0.05) is 48.0 Å². The maximum atomic E-state index is 13.0. The van der Waals surface area contributed by atoms with Crippen molar-refractivity contribution in [2.24, 2.45) is 5.10 Å². The summed E-state index contributed by atoms with van der Waals surface area (Å²) in [5.41, 5.74) is 5.15. The van der Waals surface area contributed by atoms with Crippen molar-refractivity contribution < 1.29 is 13.9 Å².